The van der Waals surface area contributed by atoms with Gasteiger partial charge in [-0.25, -0.2) is 4.90 Å². The summed E-state index contributed by atoms with van der Waals surface area (Å²) in [7, 11) is 1.57. The predicted octanol–water partition coefficient (Wildman–Crippen LogP) is 2.97. The van der Waals surface area contributed by atoms with Gasteiger partial charge in [0.25, 0.3) is 0 Å². The van der Waals surface area contributed by atoms with E-state index in [-0.39, 0.29) is 60.1 Å². The van der Waals surface area contributed by atoms with Crippen molar-refractivity contribution >= 4 is 35.1 Å². The summed E-state index contributed by atoms with van der Waals surface area (Å²) in [5.74, 6) is -1.09. The van der Waals surface area contributed by atoms with E-state index >= 15 is 0 Å². The number of hydrogen-bond donors (Lipinski definition) is 0. The first kappa shape index (κ1) is 21.6. The summed E-state index contributed by atoms with van der Waals surface area (Å²) < 4.78 is 10.7. The van der Waals surface area contributed by atoms with Crippen LogP contribution in [0.15, 0.2) is 60.7 Å². The standard InChI is InChI=1S/C27H24N2O6/c1-34-20-9-7-18(8-10-20)28-14-17(12-22(28)30)27(33)35-21-4-2-3-19(13-21)29-25(31)23-15-5-6-16(11-15)24(23)26(29)32/h2-10,13,15-17,23-24H,11-12,14H2,1H3. The lowest BCUT2D eigenvalue weighted by Crippen LogP contribution is -2.32. The van der Waals surface area contributed by atoms with E-state index in [9.17, 15) is 19.2 Å². The highest BCUT2D eigenvalue weighted by atomic mass is 16.5. The van der Waals surface area contributed by atoms with Gasteiger partial charge in [-0.3, -0.25) is 19.2 Å². The second kappa shape index (κ2) is 8.08. The number of anilines is 2. The van der Waals surface area contributed by atoms with Crippen LogP contribution in [0.5, 0.6) is 11.5 Å². The molecule has 0 radical (unpaired) electrons. The first-order chi connectivity index (χ1) is 16.9. The Hall–Kier alpha value is -3.94. The molecular formula is C27H24N2O6. The zero-order chi connectivity index (χ0) is 24.3. The molecule has 35 heavy (non-hydrogen) atoms. The van der Waals surface area contributed by atoms with Crippen molar-refractivity contribution in [3.63, 3.8) is 0 Å². The topological polar surface area (TPSA) is 93.2 Å². The molecule has 2 aromatic rings. The molecule has 0 N–H and O–H groups in total. The van der Waals surface area contributed by atoms with E-state index in [1.807, 2.05) is 0 Å². The Bertz CT molecular complexity index is 1240. The second-order valence-electron chi connectivity index (χ2n) is 9.53. The van der Waals surface area contributed by atoms with E-state index in [1.54, 1.807) is 60.5 Å². The molecule has 8 nitrogen and oxygen atoms in total. The fraction of sp³-hybridized carbons (Fsp3) is 0.333. The van der Waals surface area contributed by atoms with Crippen molar-refractivity contribution in [1.29, 1.82) is 0 Å². The van der Waals surface area contributed by atoms with E-state index in [2.05, 4.69) is 12.2 Å². The number of benzene rings is 2. The molecule has 2 aliphatic heterocycles. The van der Waals surface area contributed by atoms with Gasteiger partial charge >= 0.3 is 5.97 Å². The van der Waals surface area contributed by atoms with Gasteiger partial charge < -0.3 is 14.4 Å². The van der Waals surface area contributed by atoms with Gasteiger partial charge in [0.15, 0.2) is 0 Å². The number of ether oxygens (including phenoxy) is 2. The highest BCUT2D eigenvalue weighted by Gasteiger charge is 2.59. The van der Waals surface area contributed by atoms with Gasteiger partial charge in [0.05, 0.1) is 30.6 Å². The van der Waals surface area contributed by atoms with E-state index in [0.717, 1.165) is 6.42 Å². The van der Waals surface area contributed by atoms with Crippen molar-refractivity contribution < 1.29 is 28.7 Å². The molecule has 1 saturated carbocycles. The van der Waals surface area contributed by atoms with Crippen LogP contribution in [0, 0.1) is 29.6 Å². The van der Waals surface area contributed by atoms with Crippen LogP contribution < -0.4 is 19.3 Å². The maximum absolute atomic E-state index is 13.1. The maximum atomic E-state index is 13.1. The average molecular weight is 472 g/mol. The molecular weight excluding hydrogens is 448 g/mol. The fourth-order valence-corrected chi connectivity index (χ4v) is 5.92. The molecule has 4 aliphatic rings. The Morgan fingerprint density at radius 1 is 0.886 bits per heavy atom. The Morgan fingerprint density at radius 3 is 2.23 bits per heavy atom. The van der Waals surface area contributed by atoms with Crippen molar-refractivity contribution in [3.05, 3.63) is 60.7 Å². The molecule has 5 atom stereocenters. The number of allylic oxidation sites excluding steroid dienone is 2. The molecule has 3 fully saturated rings. The van der Waals surface area contributed by atoms with Crippen LogP contribution >= 0.6 is 0 Å². The number of rotatable bonds is 5. The van der Waals surface area contributed by atoms with Crippen molar-refractivity contribution in [2.24, 2.45) is 29.6 Å². The highest BCUT2D eigenvalue weighted by molar-refractivity contribution is 6.22. The fourth-order valence-electron chi connectivity index (χ4n) is 5.92. The van der Waals surface area contributed by atoms with Crippen LogP contribution in [0.4, 0.5) is 11.4 Å². The molecule has 2 bridgehead atoms. The summed E-state index contributed by atoms with van der Waals surface area (Å²) in [6, 6.07) is 13.5. The molecule has 8 heteroatoms. The highest BCUT2D eigenvalue weighted by Crippen LogP contribution is 2.53. The number of methoxy groups -OCH3 is 1. The van der Waals surface area contributed by atoms with E-state index < -0.39 is 11.9 Å². The summed E-state index contributed by atoms with van der Waals surface area (Å²) in [5, 5.41) is 0. The third-order valence-electron chi connectivity index (χ3n) is 7.61. The summed E-state index contributed by atoms with van der Waals surface area (Å²) in [4.78, 5) is 54.4. The Morgan fingerprint density at radius 2 is 1.57 bits per heavy atom. The van der Waals surface area contributed by atoms with Crippen molar-refractivity contribution in [2.75, 3.05) is 23.5 Å². The van der Waals surface area contributed by atoms with Crippen LogP contribution in [0.1, 0.15) is 12.8 Å². The number of fused-ring (bicyclic) bond motifs is 5. The van der Waals surface area contributed by atoms with Crippen LogP contribution in [0.2, 0.25) is 0 Å². The minimum Gasteiger partial charge on any atom is -0.497 e. The van der Waals surface area contributed by atoms with Gasteiger partial charge in [-0.15, -0.1) is 0 Å². The van der Waals surface area contributed by atoms with E-state index in [0.29, 0.717) is 17.1 Å². The van der Waals surface area contributed by atoms with Crippen molar-refractivity contribution in [2.45, 2.75) is 12.8 Å². The van der Waals surface area contributed by atoms with Gasteiger partial charge in [-0.1, -0.05) is 18.2 Å². The van der Waals surface area contributed by atoms with E-state index in [4.69, 9.17) is 9.47 Å². The van der Waals surface area contributed by atoms with Crippen molar-refractivity contribution in [3.8, 4) is 11.5 Å². The quantitative estimate of drug-likeness (QED) is 0.288. The third-order valence-corrected chi connectivity index (χ3v) is 7.61. The Balaban J connectivity index is 1.15. The molecule has 2 aliphatic carbocycles. The van der Waals surface area contributed by atoms with Crippen LogP contribution in [0.3, 0.4) is 0 Å². The normalized spacial score (nSPS) is 28.7. The summed E-state index contributed by atoms with van der Waals surface area (Å²) >= 11 is 0. The average Bonchev–Trinajstić information content (AvgIpc) is 3.63. The lowest BCUT2D eigenvalue weighted by atomic mass is 9.85. The number of nitrogens with zero attached hydrogens (tertiary/aromatic N) is 2. The summed E-state index contributed by atoms with van der Waals surface area (Å²) in [6.07, 6.45) is 5.02. The monoisotopic (exact) mass is 472 g/mol. The summed E-state index contributed by atoms with van der Waals surface area (Å²) in [5.41, 5.74) is 1.09. The zero-order valence-electron chi connectivity index (χ0n) is 19.1. The number of amides is 3. The second-order valence-corrected chi connectivity index (χ2v) is 9.53. The van der Waals surface area contributed by atoms with Crippen LogP contribution in [-0.4, -0.2) is 37.3 Å². The SMILES string of the molecule is COc1ccc(N2CC(C(=O)Oc3cccc(N4C(=O)C5C6C=CC(C6)C5C4=O)c3)CC2=O)cc1. The minimum absolute atomic E-state index is 0.0484. The molecule has 178 valence electrons. The molecule has 6 rings (SSSR count). The number of hydrogen-bond acceptors (Lipinski definition) is 6. The molecule has 0 spiro atoms. The lowest BCUT2D eigenvalue weighted by molar-refractivity contribution is -0.139. The molecule has 3 amide bonds. The lowest BCUT2D eigenvalue weighted by Gasteiger charge is -2.18. The smallest absolute Gasteiger partial charge is 0.316 e. The number of imide groups is 1. The number of carbonyl (C=O) groups is 4. The molecule has 2 heterocycles. The molecule has 5 unspecified atom stereocenters. The third kappa shape index (κ3) is 3.43. The number of carbonyl (C=O) groups excluding carboxylic acids is 4. The summed E-state index contributed by atoms with van der Waals surface area (Å²) in [6.45, 7) is 0.214. The van der Waals surface area contributed by atoms with Crippen LogP contribution in [-0.2, 0) is 19.2 Å². The molecule has 0 aromatic heterocycles. The first-order valence-electron chi connectivity index (χ1n) is 11.8. The Labute approximate surface area is 202 Å². The van der Waals surface area contributed by atoms with Gasteiger partial charge in [0.1, 0.15) is 11.5 Å². The predicted molar refractivity (Wildman–Crippen MR) is 126 cm³/mol. The van der Waals surface area contributed by atoms with Gasteiger partial charge in [-0.2, -0.15) is 0 Å². The largest absolute Gasteiger partial charge is 0.497 e. The minimum atomic E-state index is -0.621. The number of esters is 1. The molecule has 2 saturated heterocycles. The molecule has 2 aromatic carbocycles. The van der Waals surface area contributed by atoms with Gasteiger partial charge in [0.2, 0.25) is 17.7 Å². The zero-order valence-corrected chi connectivity index (χ0v) is 19.1. The first-order valence-corrected chi connectivity index (χ1v) is 11.8. The van der Waals surface area contributed by atoms with Crippen molar-refractivity contribution in [1.82, 2.24) is 0 Å². The van der Waals surface area contributed by atoms with Gasteiger partial charge in [0, 0.05) is 24.7 Å². The maximum Gasteiger partial charge on any atom is 0.316 e. The van der Waals surface area contributed by atoms with Gasteiger partial charge in [-0.05, 0) is 54.7 Å². The van der Waals surface area contributed by atoms with Crippen LogP contribution in [0.25, 0.3) is 0 Å². The Kier molecular flexibility index (Phi) is 4.98. The van der Waals surface area contributed by atoms with E-state index in [1.165, 1.54) is 4.90 Å².